The number of anilines is 1. The van der Waals surface area contributed by atoms with Gasteiger partial charge in [0.1, 0.15) is 11.9 Å². The number of nitrogens with two attached hydrogens (primary N) is 1. The summed E-state index contributed by atoms with van der Waals surface area (Å²) in [6, 6.07) is 7.61. The van der Waals surface area contributed by atoms with Crippen molar-refractivity contribution in [2.24, 2.45) is 0 Å². The van der Waals surface area contributed by atoms with Crippen LogP contribution in [0.2, 0.25) is 0 Å². The highest BCUT2D eigenvalue weighted by atomic mass is 19.1. The smallest absolute Gasteiger partial charge is 0.244 e. The predicted molar refractivity (Wildman–Crippen MR) is 97.8 cm³/mol. The van der Waals surface area contributed by atoms with Gasteiger partial charge in [-0.1, -0.05) is 12.1 Å². The van der Waals surface area contributed by atoms with Crippen molar-refractivity contribution in [2.45, 2.75) is 24.8 Å². The minimum absolute atomic E-state index is 0.0438. The second-order valence-corrected chi connectivity index (χ2v) is 6.86. The van der Waals surface area contributed by atoms with E-state index in [0.717, 1.165) is 24.1 Å². The summed E-state index contributed by atoms with van der Waals surface area (Å²) in [5.74, 6) is 0.309. The molecule has 26 heavy (non-hydrogen) atoms. The first-order valence-electron chi connectivity index (χ1n) is 8.75. The molecular formula is C19H24FN5O. The first-order chi connectivity index (χ1) is 12.5. The Morgan fingerprint density at radius 3 is 2.46 bits per heavy atom. The highest BCUT2D eigenvalue weighted by Crippen LogP contribution is 2.29. The second kappa shape index (κ2) is 7.78. The van der Waals surface area contributed by atoms with E-state index in [2.05, 4.69) is 9.97 Å². The van der Waals surface area contributed by atoms with E-state index in [4.69, 9.17) is 5.73 Å². The summed E-state index contributed by atoms with van der Waals surface area (Å²) in [4.78, 5) is 25.1. The number of rotatable bonds is 4. The maximum absolute atomic E-state index is 13.2. The molecule has 0 bridgehead atoms. The monoisotopic (exact) mass is 357 g/mol. The third kappa shape index (κ3) is 3.99. The van der Waals surface area contributed by atoms with Gasteiger partial charge in [-0.15, -0.1) is 0 Å². The van der Waals surface area contributed by atoms with Gasteiger partial charge in [-0.25, -0.2) is 14.4 Å². The van der Waals surface area contributed by atoms with Gasteiger partial charge >= 0.3 is 0 Å². The number of nitrogen functional groups attached to an aromatic ring is 1. The minimum Gasteiger partial charge on any atom is -0.368 e. The van der Waals surface area contributed by atoms with Gasteiger partial charge in [-0.05, 0) is 50.7 Å². The molecule has 2 heterocycles. The molecule has 0 radical (unpaired) electrons. The van der Waals surface area contributed by atoms with Crippen LogP contribution in [0.5, 0.6) is 0 Å². The lowest BCUT2D eigenvalue weighted by molar-refractivity contribution is -0.137. The van der Waals surface area contributed by atoms with Crippen LogP contribution in [0, 0.1) is 5.82 Å². The first kappa shape index (κ1) is 18.3. The Balaban J connectivity index is 1.69. The lowest BCUT2D eigenvalue weighted by Crippen LogP contribution is -2.44. The number of likely N-dealkylation sites (tertiary alicyclic amines) is 1. The molecule has 1 amide bonds. The number of halogens is 1. The molecule has 6 nitrogen and oxygen atoms in total. The standard InChI is InChI=1S/C19H24FN5O/c1-24(2)17(14-3-5-15(20)6-4-14)18(26)25-11-8-13(9-12-25)16-7-10-22-19(21)23-16/h3-7,10,13,17H,8-9,11-12H2,1-2H3,(H2,21,22,23). The zero-order chi connectivity index (χ0) is 18.7. The van der Waals surface area contributed by atoms with Gasteiger partial charge in [0.05, 0.1) is 0 Å². The van der Waals surface area contributed by atoms with Crippen molar-refractivity contribution in [1.29, 1.82) is 0 Å². The number of carbonyl (C=O) groups excluding carboxylic acids is 1. The Morgan fingerprint density at radius 1 is 1.23 bits per heavy atom. The van der Waals surface area contributed by atoms with Gasteiger partial charge in [0.25, 0.3) is 0 Å². The molecule has 1 aliphatic heterocycles. The lowest BCUT2D eigenvalue weighted by atomic mass is 9.92. The van der Waals surface area contributed by atoms with Gasteiger partial charge in [0.15, 0.2) is 0 Å². The Morgan fingerprint density at radius 2 is 1.88 bits per heavy atom. The third-order valence-corrected chi connectivity index (χ3v) is 4.86. The molecule has 0 spiro atoms. The van der Waals surface area contributed by atoms with Crippen LogP contribution in [0.3, 0.4) is 0 Å². The van der Waals surface area contributed by atoms with E-state index in [1.54, 1.807) is 18.3 Å². The van der Waals surface area contributed by atoms with Crippen LogP contribution in [0.1, 0.15) is 36.1 Å². The summed E-state index contributed by atoms with van der Waals surface area (Å²) in [6.07, 6.45) is 3.35. The van der Waals surface area contributed by atoms with E-state index in [1.807, 2.05) is 30.0 Å². The molecule has 1 unspecified atom stereocenters. The molecule has 1 aromatic heterocycles. The number of nitrogens with zero attached hydrogens (tertiary/aromatic N) is 4. The number of hydrogen-bond acceptors (Lipinski definition) is 5. The molecule has 1 aliphatic rings. The van der Waals surface area contributed by atoms with E-state index in [0.29, 0.717) is 13.1 Å². The summed E-state index contributed by atoms with van der Waals surface area (Å²) >= 11 is 0. The quantitative estimate of drug-likeness (QED) is 0.908. The number of piperidine rings is 1. The summed E-state index contributed by atoms with van der Waals surface area (Å²) in [6.45, 7) is 1.33. The van der Waals surface area contributed by atoms with Crippen molar-refractivity contribution in [3.63, 3.8) is 0 Å². The van der Waals surface area contributed by atoms with Crippen LogP contribution >= 0.6 is 0 Å². The second-order valence-electron chi connectivity index (χ2n) is 6.86. The van der Waals surface area contributed by atoms with E-state index >= 15 is 0 Å². The predicted octanol–water partition coefficient (Wildman–Crippen LogP) is 2.21. The molecule has 7 heteroatoms. The van der Waals surface area contributed by atoms with E-state index in [1.165, 1.54) is 12.1 Å². The first-order valence-corrected chi connectivity index (χ1v) is 8.75. The lowest BCUT2D eigenvalue weighted by Gasteiger charge is -2.36. The van der Waals surface area contributed by atoms with Crippen LogP contribution in [0.25, 0.3) is 0 Å². The number of hydrogen-bond donors (Lipinski definition) is 1. The van der Waals surface area contributed by atoms with Crippen LogP contribution in [-0.4, -0.2) is 52.9 Å². The van der Waals surface area contributed by atoms with E-state index in [9.17, 15) is 9.18 Å². The van der Waals surface area contributed by atoms with Crippen molar-refractivity contribution in [1.82, 2.24) is 19.8 Å². The average molecular weight is 357 g/mol. The number of aromatic nitrogens is 2. The fourth-order valence-corrected chi connectivity index (χ4v) is 3.49. The minimum atomic E-state index is -0.415. The fourth-order valence-electron chi connectivity index (χ4n) is 3.49. The number of benzene rings is 1. The number of likely N-dealkylation sites (N-methyl/N-ethyl adjacent to an activating group) is 1. The van der Waals surface area contributed by atoms with E-state index < -0.39 is 6.04 Å². The molecule has 1 fully saturated rings. The highest BCUT2D eigenvalue weighted by Gasteiger charge is 2.31. The Labute approximate surface area is 152 Å². The normalized spacial score (nSPS) is 16.7. The van der Waals surface area contributed by atoms with Crippen LogP contribution in [-0.2, 0) is 4.79 Å². The van der Waals surface area contributed by atoms with Gasteiger partial charge in [-0.2, -0.15) is 0 Å². The Kier molecular flexibility index (Phi) is 5.46. The molecule has 0 saturated carbocycles. The third-order valence-electron chi connectivity index (χ3n) is 4.86. The molecular weight excluding hydrogens is 333 g/mol. The van der Waals surface area contributed by atoms with Crippen LogP contribution in [0.15, 0.2) is 36.5 Å². The largest absolute Gasteiger partial charge is 0.368 e. The SMILES string of the molecule is CN(C)C(C(=O)N1CCC(c2ccnc(N)n2)CC1)c1ccc(F)cc1. The van der Waals surface area contributed by atoms with Crippen LogP contribution in [0.4, 0.5) is 10.3 Å². The number of amides is 1. The highest BCUT2D eigenvalue weighted by molar-refractivity contribution is 5.83. The van der Waals surface area contributed by atoms with Gasteiger partial charge in [-0.3, -0.25) is 9.69 Å². The summed E-state index contributed by atoms with van der Waals surface area (Å²) in [5, 5.41) is 0. The van der Waals surface area contributed by atoms with Gasteiger partial charge in [0, 0.05) is 30.9 Å². The van der Waals surface area contributed by atoms with Crippen molar-refractivity contribution >= 4 is 11.9 Å². The Bertz CT molecular complexity index is 757. The van der Waals surface area contributed by atoms with Crippen molar-refractivity contribution in [2.75, 3.05) is 32.9 Å². The maximum atomic E-state index is 13.2. The fraction of sp³-hybridized carbons (Fsp3) is 0.421. The average Bonchev–Trinajstić information content (AvgIpc) is 2.63. The molecule has 2 N–H and O–H groups in total. The number of carbonyl (C=O) groups is 1. The van der Waals surface area contributed by atoms with E-state index in [-0.39, 0.29) is 23.6 Å². The summed E-state index contributed by atoms with van der Waals surface area (Å²) in [5.41, 5.74) is 7.41. The Hall–Kier alpha value is -2.54. The maximum Gasteiger partial charge on any atom is 0.244 e. The van der Waals surface area contributed by atoms with Crippen molar-refractivity contribution in [3.8, 4) is 0 Å². The summed E-state index contributed by atoms with van der Waals surface area (Å²) in [7, 11) is 3.73. The molecule has 1 aromatic carbocycles. The zero-order valence-electron chi connectivity index (χ0n) is 15.1. The molecule has 1 atom stereocenters. The van der Waals surface area contributed by atoms with Crippen LogP contribution < -0.4 is 5.73 Å². The van der Waals surface area contributed by atoms with Gasteiger partial charge < -0.3 is 10.6 Å². The topological polar surface area (TPSA) is 75.4 Å². The van der Waals surface area contributed by atoms with Crippen molar-refractivity contribution < 1.29 is 9.18 Å². The molecule has 2 aromatic rings. The molecule has 3 rings (SSSR count). The molecule has 0 aliphatic carbocycles. The van der Waals surface area contributed by atoms with Gasteiger partial charge in [0.2, 0.25) is 11.9 Å². The molecule has 1 saturated heterocycles. The molecule has 138 valence electrons. The zero-order valence-corrected chi connectivity index (χ0v) is 15.1. The summed E-state index contributed by atoms with van der Waals surface area (Å²) < 4.78 is 13.2. The van der Waals surface area contributed by atoms with Crippen molar-refractivity contribution in [3.05, 3.63) is 53.6 Å².